The predicted molar refractivity (Wildman–Crippen MR) is 93.2 cm³/mol. The topological polar surface area (TPSA) is 54.0 Å². The van der Waals surface area contributed by atoms with Gasteiger partial charge < -0.3 is 9.47 Å². The number of ether oxygens (including phenoxy) is 2. The molecule has 0 aromatic rings. The van der Waals surface area contributed by atoms with Crippen LogP contribution in [0.4, 0.5) is 0 Å². The van der Waals surface area contributed by atoms with Crippen LogP contribution in [-0.4, -0.2) is 25.7 Å². The molecule has 0 aromatic carbocycles. The molecule has 1 aliphatic rings. The van der Waals surface area contributed by atoms with Crippen LogP contribution in [-0.2, 0) is 24.0 Å². The van der Waals surface area contributed by atoms with E-state index in [1.54, 1.807) is 0 Å². The largest absolute Gasteiger partial charge is 0.469 e. The Balaban J connectivity index is 1.87. The van der Waals surface area contributed by atoms with Crippen LogP contribution in [0, 0.1) is 0 Å². The van der Waals surface area contributed by atoms with Gasteiger partial charge in [-0.25, -0.2) is 9.78 Å². The Morgan fingerprint density at radius 3 is 1.83 bits per heavy atom. The molecular formula is C19H36O5. The lowest BCUT2D eigenvalue weighted by Crippen LogP contribution is -2.11. The van der Waals surface area contributed by atoms with Crippen molar-refractivity contribution in [1.82, 2.24) is 0 Å². The summed E-state index contributed by atoms with van der Waals surface area (Å²) in [6.07, 6.45) is 14.9. The number of methoxy groups -OCH3 is 1. The molecule has 1 aliphatic heterocycles. The lowest BCUT2D eigenvalue weighted by atomic mass is 10.1. The molecule has 0 bridgehead atoms. The zero-order valence-corrected chi connectivity index (χ0v) is 15.6. The Morgan fingerprint density at radius 2 is 1.29 bits per heavy atom. The lowest BCUT2D eigenvalue weighted by Gasteiger charge is -2.08. The normalized spacial score (nSPS) is 20.4. The van der Waals surface area contributed by atoms with Crippen molar-refractivity contribution >= 4 is 5.97 Å². The second kappa shape index (κ2) is 14.7. The first-order valence-corrected chi connectivity index (χ1v) is 9.80. The minimum atomic E-state index is -0.204. The number of carbonyl (C=O) groups excluding carboxylic acids is 1. The Bertz CT molecular complexity index is 308. The Labute approximate surface area is 147 Å². The van der Waals surface area contributed by atoms with Crippen molar-refractivity contribution in [2.45, 2.75) is 109 Å². The first-order chi connectivity index (χ1) is 11.8. The molecule has 0 saturated carbocycles. The van der Waals surface area contributed by atoms with E-state index in [0.717, 1.165) is 51.4 Å². The van der Waals surface area contributed by atoms with Gasteiger partial charge in [0.25, 0.3) is 0 Å². The minimum Gasteiger partial charge on any atom is -0.469 e. The number of unbranched alkanes of at least 4 members (excludes halogenated alkanes) is 9. The fourth-order valence-electron chi connectivity index (χ4n) is 2.87. The van der Waals surface area contributed by atoms with Gasteiger partial charge in [-0.05, 0) is 19.3 Å². The first-order valence-electron chi connectivity index (χ1n) is 9.80. The van der Waals surface area contributed by atoms with E-state index < -0.39 is 0 Å². The van der Waals surface area contributed by atoms with Crippen LogP contribution in [0.2, 0.25) is 0 Å². The van der Waals surface area contributed by atoms with Crippen molar-refractivity contribution in [3.05, 3.63) is 0 Å². The number of hydrogen-bond donors (Lipinski definition) is 0. The molecule has 0 N–H and O–H groups in total. The molecule has 2 atom stereocenters. The fraction of sp³-hybridized carbons (Fsp3) is 0.947. The zero-order chi connectivity index (χ0) is 17.5. The molecule has 0 radical (unpaired) electrons. The third-order valence-corrected chi connectivity index (χ3v) is 4.42. The smallest absolute Gasteiger partial charge is 0.305 e. The molecule has 1 fully saturated rings. The standard InChI is InChI=1S/C19H36O5/c1-3-4-5-6-9-12-15-18-22-19(24-23-18)16-13-10-7-8-11-14-17(20)21-2/h18-19H,3-16H2,1-2H3/t18-,19-/m1/s1. The van der Waals surface area contributed by atoms with Crippen LogP contribution in [0.1, 0.15) is 96.8 Å². The Morgan fingerprint density at radius 1 is 0.792 bits per heavy atom. The summed E-state index contributed by atoms with van der Waals surface area (Å²) in [5.41, 5.74) is 0. The molecular weight excluding hydrogens is 308 g/mol. The minimum absolute atomic E-state index is 0.115. The maximum atomic E-state index is 11.0. The molecule has 0 aromatic heterocycles. The van der Waals surface area contributed by atoms with E-state index >= 15 is 0 Å². The van der Waals surface area contributed by atoms with Crippen molar-refractivity contribution < 1.29 is 24.0 Å². The van der Waals surface area contributed by atoms with Crippen LogP contribution in [0.15, 0.2) is 0 Å². The van der Waals surface area contributed by atoms with Gasteiger partial charge in [0.15, 0.2) is 12.6 Å². The van der Waals surface area contributed by atoms with Crippen LogP contribution in [0.3, 0.4) is 0 Å². The summed E-state index contributed by atoms with van der Waals surface area (Å²) in [5.74, 6) is -0.115. The highest BCUT2D eigenvalue weighted by atomic mass is 17.3. The molecule has 0 amide bonds. The summed E-state index contributed by atoms with van der Waals surface area (Å²) in [6, 6.07) is 0. The van der Waals surface area contributed by atoms with E-state index in [2.05, 4.69) is 11.7 Å². The van der Waals surface area contributed by atoms with Crippen molar-refractivity contribution in [3.63, 3.8) is 0 Å². The highest BCUT2D eigenvalue weighted by molar-refractivity contribution is 5.68. The van der Waals surface area contributed by atoms with Crippen LogP contribution in [0.5, 0.6) is 0 Å². The Hall–Kier alpha value is -0.650. The zero-order valence-electron chi connectivity index (χ0n) is 15.6. The summed E-state index contributed by atoms with van der Waals surface area (Å²) in [6.45, 7) is 2.24. The van der Waals surface area contributed by atoms with Gasteiger partial charge in [-0.2, -0.15) is 0 Å². The summed E-state index contributed by atoms with van der Waals surface area (Å²) in [5, 5.41) is 0. The Kier molecular flexibility index (Phi) is 13.1. The highest BCUT2D eigenvalue weighted by Gasteiger charge is 2.26. The molecule has 1 heterocycles. The molecule has 1 rings (SSSR count). The van der Waals surface area contributed by atoms with Crippen LogP contribution < -0.4 is 0 Å². The van der Waals surface area contributed by atoms with Crippen molar-refractivity contribution in [2.75, 3.05) is 7.11 Å². The van der Waals surface area contributed by atoms with Gasteiger partial charge in [-0.3, -0.25) is 4.79 Å². The SMILES string of the molecule is CCCCCCCC[C@H]1OO[C@H](CCCCCCCC(=O)OC)O1. The van der Waals surface area contributed by atoms with Crippen molar-refractivity contribution in [1.29, 1.82) is 0 Å². The summed E-state index contributed by atoms with van der Waals surface area (Å²) >= 11 is 0. The molecule has 0 spiro atoms. The van der Waals surface area contributed by atoms with E-state index in [0.29, 0.717) is 6.42 Å². The van der Waals surface area contributed by atoms with Gasteiger partial charge >= 0.3 is 5.97 Å². The van der Waals surface area contributed by atoms with E-state index in [4.69, 9.17) is 14.5 Å². The molecule has 5 nitrogen and oxygen atoms in total. The average molecular weight is 344 g/mol. The lowest BCUT2D eigenvalue weighted by molar-refractivity contribution is -0.298. The number of hydrogen-bond acceptors (Lipinski definition) is 5. The number of esters is 1. The highest BCUT2D eigenvalue weighted by Crippen LogP contribution is 2.23. The van der Waals surface area contributed by atoms with E-state index in [1.165, 1.54) is 39.2 Å². The fourth-order valence-corrected chi connectivity index (χ4v) is 2.87. The number of carbonyl (C=O) groups is 1. The maximum Gasteiger partial charge on any atom is 0.305 e. The van der Waals surface area contributed by atoms with Crippen LogP contribution >= 0.6 is 0 Å². The third kappa shape index (κ3) is 11.0. The van der Waals surface area contributed by atoms with Gasteiger partial charge in [0.05, 0.1) is 7.11 Å². The van der Waals surface area contributed by atoms with E-state index in [-0.39, 0.29) is 18.5 Å². The third-order valence-electron chi connectivity index (χ3n) is 4.42. The van der Waals surface area contributed by atoms with E-state index in [9.17, 15) is 4.79 Å². The van der Waals surface area contributed by atoms with Gasteiger partial charge in [0.2, 0.25) is 0 Å². The van der Waals surface area contributed by atoms with Gasteiger partial charge in [0.1, 0.15) is 0 Å². The molecule has 1 saturated heterocycles. The second-order valence-electron chi connectivity index (χ2n) is 6.63. The molecule has 0 unspecified atom stereocenters. The van der Waals surface area contributed by atoms with Crippen LogP contribution in [0.25, 0.3) is 0 Å². The summed E-state index contributed by atoms with van der Waals surface area (Å²) in [7, 11) is 1.44. The monoisotopic (exact) mass is 344 g/mol. The molecule has 142 valence electrons. The average Bonchev–Trinajstić information content (AvgIpc) is 3.04. The molecule has 0 aliphatic carbocycles. The maximum absolute atomic E-state index is 11.0. The van der Waals surface area contributed by atoms with Gasteiger partial charge in [0, 0.05) is 19.3 Å². The summed E-state index contributed by atoms with van der Waals surface area (Å²) in [4.78, 5) is 21.5. The number of rotatable bonds is 15. The van der Waals surface area contributed by atoms with Crippen molar-refractivity contribution in [3.8, 4) is 0 Å². The van der Waals surface area contributed by atoms with Crippen molar-refractivity contribution in [2.24, 2.45) is 0 Å². The quantitative estimate of drug-likeness (QED) is 0.230. The van der Waals surface area contributed by atoms with Gasteiger partial charge in [-0.1, -0.05) is 58.3 Å². The second-order valence-corrected chi connectivity index (χ2v) is 6.63. The summed E-state index contributed by atoms with van der Waals surface area (Å²) < 4.78 is 10.4. The molecule has 5 heteroatoms. The van der Waals surface area contributed by atoms with Gasteiger partial charge in [-0.15, -0.1) is 0 Å². The molecule has 24 heavy (non-hydrogen) atoms. The first kappa shape index (κ1) is 21.4. The van der Waals surface area contributed by atoms with E-state index in [1.807, 2.05) is 0 Å². The predicted octanol–water partition coefficient (Wildman–Crippen LogP) is 5.27.